The van der Waals surface area contributed by atoms with Crippen LogP contribution in [0, 0.1) is 0 Å². The van der Waals surface area contributed by atoms with Crippen LogP contribution < -0.4 is 5.32 Å². The van der Waals surface area contributed by atoms with Gasteiger partial charge < -0.3 is 14.8 Å². The van der Waals surface area contributed by atoms with Gasteiger partial charge in [-0.15, -0.1) is 0 Å². The Labute approximate surface area is 170 Å². The van der Waals surface area contributed by atoms with E-state index in [0.29, 0.717) is 45.7 Å². The first-order chi connectivity index (χ1) is 13.5. The number of amides is 2. The van der Waals surface area contributed by atoms with Gasteiger partial charge in [-0.05, 0) is 24.1 Å². The number of hydrogen-bond acceptors (Lipinski definition) is 4. The van der Waals surface area contributed by atoms with E-state index in [1.165, 1.54) is 0 Å². The number of aliphatic hydroxyl groups excluding tert-OH is 2. The van der Waals surface area contributed by atoms with Crippen LogP contribution in [0.3, 0.4) is 0 Å². The molecule has 0 fully saturated rings. The van der Waals surface area contributed by atoms with Crippen molar-refractivity contribution in [1.29, 1.82) is 0 Å². The molecule has 2 amide bonds. The maximum absolute atomic E-state index is 12.6. The number of aliphatic hydroxyl groups is 2. The van der Waals surface area contributed by atoms with Gasteiger partial charge in [0, 0.05) is 29.1 Å². The fraction of sp³-hybridized carbons (Fsp3) is 0.200. The van der Waals surface area contributed by atoms with E-state index in [1.54, 1.807) is 34.9 Å². The second kappa shape index (κ2) is 7.22. The normalized spacial score (nSPS) is 13.3. The summed E-state index contributed by atoms with van der Waals surface area (Å²) in [5, 5.41) is 22.5. The molecule has 0 atom stereocenters. The molecule has 3 N–H and O–H groups in total. The van der Waals surface area contributed by atoms with Crippen molar-refractivity contribution in [1.82, 2.24) is 9.88 Å². The van der Waals surface area contributed by atoms with E-state index >= 15 is 0 Å². The Hall–Kier alpha value is -2.38. The number of nitrogens with one attached hydrogen (secondary N) is 1. The van der Waals surface area contributed by atoms with E-state index in [-0.39, 0.29) is 29.4 Å². The zero-order valence-corrected chi connectivity index (χ0v) is 16.1. The predicted molar refractivity (Wildman–Crippen MR) is 107 cm³/mol. The summed E-state index contributed by atoms with van der Waals surface area (Å²) in [5.74, 6) is -1.05. The number of fused-ring (bicyclic) bond motifs is 3. The first-order valence-corrected chi connectivity index (χ1v) is 9.45. The van der Waals surface area contributed by atoms with Gasteiger partial charge in [-0.3, -0.25) is 14.9 Å². The molecule has 0 unspecified atom stereocenters. The number of halogens is 2. The average molecular weight is 419 g/mol. The number of imide groups is 1. The van der Waals surface area contributed by atoms with Gasteiger partial charge in [-0.25, -0.2) is 0 Å². The molecule has 0 bridgehead atoms. The molecule has 3 aromatic rings. The molecule has 2 heterocycles. The Balaban J connectivity index is 2.15. The Morgan fingerprint density at radius 2 is 1.71 bits per heavy atom. The lowest BCUT2D eigenvalue weighted by Crippen LogP contribution is -2.20. The van der Waals surface area contributed by atoms with Crippen molar-refractivity contribution in [2.75, 3.05) is 6.61 Å². The van der Waals surface area contributed by atoms with E-state index in [4.69, 9.17) is 23.2 Å². The second-order valence-corrected chi connectivity index (χ2v) is 7.26. The largest absolute Gasteiger partial charge is 0.396 e. The van der Waals surface area contributed by atoms with Crippen LogP contribution in [0.2, 0.25) is 10.0 Å². The van der Waals surface area contributed by atoms with Crippen LogP contribution in [0.25, 0.3) is 22.0 Å². The van der Waals surface area contributed by atoms with Gasteiger partial charge in [0.15, 0.2) is 0 Å². The van der Waals surface area contributed by atoms with Crippen molar-refractivity contribution in [3.8, 4) is 11.1 Å². The summed E-state index contributed by atoms with van der Waals surface area (Å²) in [6.07, 6.45) is 0.441. The third-order valence-corrected chi connectivity index (χ3v) is 5.67. The lowest BCUT2D eigenvalue weighted by Gasteiger charge is -2.12. The van der Waals surface area contributed by atoms with Gasteiger partial charge in [-0.2, -0.15) is 0 Å². The molecule has 0 radical (unpaired) electrons. The minimum Gasteiger partial charge on any atom is -0.396 e. The summed E-state index contributed by atoms with van der Waals surface area (Å²) in [7, 11) is 0. The SMILES string of the molecule is O=C1NC(=O)c2c1c(-c1ccccc1Cl)cc1c2c(Cl)c(CO)n1CCCO. The first kappa shape index (κ1) is 19.0. The quantitative estimate of drug-likeness (QED) is 0.553. The zero-order valence-electron chi connectivity index (χ0n) is 14.6. The first-order valence-electron chi connectivity index (χ1n) is 8.69. The van der Waals surface area contributed by atoms with Crippen molar-refractivity contribution in [3.63, 3.8) is 0 Å². The smallest absolute Gasteiger partial charge is 0.259 e. The Morgan fingerprint density at radius 1 is 1.00 bits per heavy atom. The van der Waals surface area contributed by atoms with E-state index in [2.05, 4.69) is 5.32 Å². The summed E-state index contributed by atoms with van der Waals surface area (Å²) in [4.78, 5) is 25.2. The van der Waals surface area contributed by atoms with E-state index in [9.17, 15) is 19.8 Å². The molecule has 4 rings (SSSR count). The molecule has 0 saturated heterocycles. The molecule has 28 heavy (non-hydrogen) atoms. The molecule has 1 aliphatic rings. The van der Waals surface area contributed by atoms with Crippen LogP contribution in [0.15, 0.2) is 30.3 Å². The van der Waals surface area contributed by atoms with Crippen molar-refractivity contribution < 1.29 is 19.8 Å². The molecule has 0 aliphatic carbocycles. The highest BCUT2D eigenvalue weighted by Crippen LogP contribution is 2.42. The van der Waals surface area contributed by atoms with Crippen LogP contribution in [0.4, 0.5) is 0 Å². The third-order valence-electron chi connectivity index (χ3n) is 4.93. The van der Waals surface area contributed by atoms with Crippen molar-refractivity contribution in [2.45, 2.75) is 19.6 Å². The number of aromatic nitrogens is 1. The highest BCUT2D eigenvalue weighted by Gasteiger charge is 2.35. The maximum atomic E-state index is 12.6. The van der Waals surface area contributed by atoms with Crippen LogP contribution >= 0.6 is 23.2 Å². The maximum Gasteiger partial charge on any atom is 0.259 e. The van der Waals surface area contributed by atoms with E-state index in [1.807, 2.05) is 0 Å². The number of aryl methyl sites for hydroxylation is 1. The number of nitrogens with zero attached hydrogens (tertiary/aromatic N) is 1. The average Bonchev–Trinajstić information content (AvgIpc) is 3.13. The molecular weight excluding hydrogens is 403 g/mol. The molecule has 6 nitrogen and oxygen atoms in total. The van der Waals surface area contributed by atoms with Crippen LogP contribution in [0.5, 0.6) is 0 Å². The molecule has 1 aromatic heterocycles. The summed E-state index contributed by atoms with van der Waals surface area (Å²) >= 11 is 12.9. The second-order valence-electron chi connectivity index (χ2n) is 6.48. The van der Waals surface area contributed by atoms with Crippen LogP contribution in [-0.4, -0.2) is 33.2 Å². The molecular formula is C20H16Cl2N2O4. The third kappa shape index (κ3) is 2.72. The fourth-order valence-corrected chi connectivity index (χ4v) is 4.32. The minimum atomic E-state index is -0.537. The van der Waals surface area contributed by atoms with E-state index in [0.717, 1.165) is 0 Å². The van der Waals surface area contributed by atoms with Gasteiger partial charge >= 0.3 is 0 Å². The fourth-order valence-electron chi connectivity index (χ4n) is 3.73. The standard InChI is InChI=1S/C20H16Cl2N2O4/c21-12-5-2-1-4-10(12)11-8-13-16(17-15(11)19(27)23-20(17)28)18(22)14(9-26)24(13)6-3-7-25/h1-2,4-5,8,25-26H,3,6-7,9H2,(H,23,27,28). The molecule has 0 saturated carbocycles. The number of carbonyl (C=O) groups excluding carboxylic acids is 2. The molecule has 0 spiro atoms. The zero-order chi connectivity index (χ0) is 20.0. The number of carbonyl (C=O) groups is 2. The molecule has 144 valence electrons. The van der Waals surface area contributed by atoms with Gasteiger partial charge in [0.25, 0.3) is 11.8 Å². The summed E-state index contributed by atoms with van der Waals surface area (Å²) < 4.78 is 1.77. The number of hydrogen-bond donors (Lipinski definition) is 3. The minimum absolute atomic E-state index is 0.0382. The Bertz CT molecular complexity index is 1140. The lowest BCUT2D eigenvalue weighted by atomic mass is 9.94. The van der Waals surface area contributed by atoms with Crippen molar-refractivity contribution in [2.24, 2.45) is 0 Å². The van der Waals surface area contributed by atoms with Crippen LogP contribution in [-0.2, 0) is 13.2 Å². The van der Waals surface area contributed by atoms with Crippen LogP contribution in [0.1, 0.15) is 32.8 Å². The summed E-state index contributed by atoms with van der Waals surface area (Å²) in [6, 6.07) is 8.81. The number of benzene rings is 2. The van der Waals surface area contributed by atoms with Gasteiger partial charge in [-0.1, -0.05) is 41.4 Å². The van der Waals surface area contributed by atoms with Crippen molar-refractivity contribution in [3.05, 3.63) is 57.2 Å². The van der Waals surface area contributed by atoms with Gasteiger partial charge in [0.2, 0.25) is 0 Å². The van der Waals surface area contributed by atoms with Gasteiger partial charge in [0.1, 0.15) is 0 Å². The predicted octanol–water partition coefficient (Wildman–Crippen LogP) is 3.37. The Kier molecular flexibility index (Phi) is 4.89. The molecule has 2 aromatic carbocycles. The van der Waals surface area contributed by atoms with Crippen molar-refractivity contribution >= 4 is 45.9 Å². The Morgan fingerprint density at radius 3 is 2.39 bits per heavy atom. The topological polar surface area (TPSA) is 91.6 Å². The highest BCUT2D eigenvalue weighted by atomic mass is 35.5. The monoisotopic (exact) mass is 418 g/mol. The summed E-state index contributed by atoms with van der Waals surface area (Å²) in [6.45, 7) is 0.0140. The molecule has 8 heteroatoms. The summed E-state index contributed by atoms with van der Waals surface area (Å²) in [5.41, 5.74) is 2.55. The highest BCUT2D eigenvalue weighted by molar-refractivity contribution is 6.40. The van der Waals surface area contributed by atoms with E-state index < -0.39 is 11.8 Å². The van der Waals surface area contributed by atoms with Gasteiger partial charge in [0.05, 0.1) is 34.0 Å². The lowest BCUT2D eigenvalue weighted by molar-refractivity contribution is 0.0880. The molecule has 1 aliphatic heterocycles. The number of rotatable bonds is 5.